The molecule has 0 heterocycles. The summed E-state index contributed by atoms with van der Waals surface area (Å²) in [5.41, 5.74) is 3.12. The number of carboxylic acid groups (broad SMARTS) is 1. The minimum Gasteiger partial charge on any atom is -0.478 e. The number of carbonyl (C=O) groups is 1. The van der Waals surface area contributed by atoms with Crippen LogP contribution in [0.5, 0.6) is 5.75 Å². The summed E-state index contributed by atoms with van der Waals surface area (Å²) in [6.45, 7) is 9.40. The maximum Gasteiger partial charge on any atom is 0.347 e. The van der Waals surface area contributed by atoms with E-state index >= 15 is 0 Å². The quantitative estimate of drug-likeness (QED) is 0.319. The number of carboxylic acids is 1. The van der Waals surface area contributed by atoms with Crippen LogP contribution in [0.4, 0.5) is 0 Å². The minimum atomic E-state index is -1.27. The first-order chi connectivity index (χ1) is 16.6. The molecule has 0 bridgehead atoms. The second-order valence-electron chi connectivity index (χ2n) is 10.5. The fraction of sp³-hybridized carbons (Fsp3) is 0.567. The second-order valence-corrected chi connectivity index (χ2v) is 11.4. The van der Waals surface area contributed by atoms with Gasteiger partial charge in [0, 0.05) is 4.90 Å². The van der Waals surface area contributed by atoms with Crippen LogP contribution in [0.25, 0.3) is 0 Å². The van der Waals surface area contributed by atoms with Gasteiger partial charge in [-0.15, -0.1) is 11.8 Å². The molecule has 0 spiro atoms. The van der Waals surface area contributed by atoms with Crippen LogP contribution in [0.15, 0.2) is 41.3 Å². The zero-order chi connectivity index (χ0) is 25.6. The second kappa shape index (κ2) is 12.3. The van der Waals surface area contributed by atoms with E-state index in [1.165, 1.54) is 48.1 Å². The van der Waals surface area contributed by atoms with Crippen molar-refractivity contribution in [2.45, 2.75) is 102 Å². The Morgan fingerprint density at radius 1 is 1.09 bits per heavy atom. The molecule has 1 fully saturated rings. The topological polar surface area (TPSA) is 55.8 Å². The fourth-order valence-electron chi connectivity index (χ4n) is 5.05. The summed E-state index contributed by atoms with van der Waals surface area (Å²) < 4.78 is 12.6. The molecule has 0 saturated heterocycles. The molecule has 1 aliphatic carbocycles. The minimum absolute atomic E-state index is 0.0466. The molecule has 0 aromatic heterocycles. The summed E-state index contributed by atoms with van der Waals surface area (Å²) in [5, 5.41) is 9.45. The normalized spacial score (nSPS) is 16.6. The van der Waals surface area contributed by atoms with Gasteiger partial charge in [0.15, 0.2) is 5.60 Å². The van der Waals surface area contributed by atoms with Crippen molar-refractivity contribution in [1.29, 1.82) is 0 Å². The maximum absolute atomic E-state index is 11.5. The summed E-state index contributed by atoms with van der Waals surface area (Å²) in [5.74, 6) is 0.336. The first-order valence-electron chi connectivity index (χ1n) is 12.9. The molecule has 2 aromatic rings. The third kappa shape index (κ3) is 7.50. The lowest BCUT2D eigenvalue weighted by Crippen LogP contribution is -2.38. The van der Waals surface area contributed by atoms with Crippen molar-refractivity contribution in [2.24, 2.45) is 5.92 Å². The van der Waals surface area contributed by atoms with Crippen molar-refractivity contribution < 1.29 is 19.4 Å². The lowest BCUT2D eigenvalue weighted by molar-refractivity contribution is -0.152. The number of hydrogen-bond acceptors (Lipinski definition) is 4. The average molecular weight is 499 g/mol. The summed E-state index contributed by atoms with van der Waals surface area (Å²) in [6.07, 6.45) is 10.7. The Hall–Kier alpha value is -1.98. The number of thioether (sulfide) groups is 1. The van der Waals surface area contributed by atoms with E-state index in [2.05, 4.69) is 49.6 Å². The van der Waals surface area contributed by atoms with Crippen LogP contribution in [0, 0.1) is 19.8 Å². The van der Waals surface area contributed by atoms with Crippen molar-refractivity contribution in [3.63, 3.8) is 0 Å². The molecule has 2 aromatic carbocycles. The molecule has 0 radical (unpaired) electrons. The fourth-order valence-corrected chi connectivity index (χ4v) is 5.46. The Balaban J connectivity index is 1.76. The van der Waals surface area contributed by atoms with E-state index in [0.717, 1.165) is 24.0 Å². The van der Waals surface area contributed by atoms with Crippen molar-refractivity contribution in [3.8, 4) is 5.75 Å². The Bertz CT molecular complexity index is 953. The van der Waals surface area contributed by atoms with Crippen molar-refractivity contribution in [1.82, 2.24) is 0 Å². The van der Waals surface area contributed by atoms with Crippen molar-refractivity contribution >= 4 is 17.7 Å². The Labute approximate surface area is 215 Å². The summed E-state index contributed by atoms with van der Waals surface area (Å²) in [6, 6.07) is 13.0. The zero-order valence-corrected chi connectivity index (χ0v) is 23.0. The highest BCUT2D eigenvalue weighted by Crippen LogP contribution is 2.34. The van der Waals surface area contributed by atoms with Gasteiger partial charge in [0.05, 0.1) is 12.2 Å². The van der Waals surface area contributed by atoms with Gasteiger partial charge in [0.1, 0.15) is 5.75 Å². The van der Waals surface area contributed by atoms with E-state index in [4.69, 9.17) is 9.47 Å². The molecule has 5 heteroatoms. The Morgan fingerprint density at radius 3 is 2.23 bits per heavy atom. The first kappa shape index (κ1) is 27.6. The molecule has 0 amide bonds. The molecule has 4 nitrogen and oxygen atoms in total. The number of rotatable bonds is 11. The lowest BCUT2D eigenvalue weighted by atomic mass is 9.85. The standard InChI is InChI=1S/C30H42O4S/c1-20-18-23(19-21(2)28(20)34-30(4,5)29(31)32)12-17-27(25-13-15-26(35-6)16-14-25)33-22(3)24-10-8-7-9-11-24/h13-16,18-19,22,24,27H,7-12,17H2,1-6H3,(H,31,32). The Morgan fingerprint density at radius 2 is 1.69 bits per heavy atom. The highest BCUT2D eigenvalue weighted by atomic mass is 32.2. The monoisotopic (exact) mass is 498 g/mol. The molecule has 1 saturated carbocycles. The molecule has 35 heavy (non-hydrogen) atoms. The molecule has 1 aliphatic rings. The molecule has 0 aliphatic heterocycles. The van der Waals surface area contributed by atoms with Gasteiger partial charge in [0.2, 0.25) is 0 Å². The summed E-state index contributed by atoms with van der Waals surface area (Å²) in [7, 11) is 0. The van der Waals surface area contributed by atoms with Crippen LogP contribution >= 0.6 is 11.8 Å². The van der Waals surface area contributed by atoms with E-state index < -0.39 is 11.6 Å². The van der Waals surface area contributed by atoms with Crippen LogP contribution in [-0.4, -0.2) is 29.0 Å². The van der Waals surface area contributed by atoms with Crippen LogP contribution in [0.2, 0.25) is 0 Å². The SMILES string of the molecule is CSc1ccc(C(CCc2cc(C)c(OC(C)(C)C(=O)O)c(C)c2)OC(C)C2CCCCC2)cc1. The molecular formula is C30H42O4S. The van der Waals surface area contributed by atoms with Crippen LogP contribution in [0.1, 0.15) is 87.7 Å². The van der Waals surface area contributed by atoms with Crippen LogP contribution in [0.3, 0.4) is 0 Å². The van der Waals surface area contributed by atoms with Gasteiger partial charge in [-0.25, -0.2) is 4.79 Å². The highest BCUT2D eigenvalue weighted by Gasteiger charge is 2.31. The van der Waals surface area contributed by atoms with Crippen molar-refractivity contribution in [2.75, 3.05) is 6.26 Å². The van der Waals surface area contributed by atoms with Crippen LogP contribution in [-0.2, 0) is 16.0 Å². The van der Waals surface area contributed by atoms with Crippen LogP contribution < -0.4 is 4.74 Å². The highest BCUT2D eigenvalue weighted by molar-refractivity contribution is 7.98. The molecule has 192 valence electrons. The van der Waals surface area contributed by atoms with Gasteiger partial charge in [-0.05, 0) is 107 Å². The largest absolute Gasteiger partial charge is 0.478 e. The smallest absolute Gasteiger partial charge is 0.347 e. The summed E-state index contributed by atoms with van der Waals surface area (Å²) >= 11 is 1.76. The van der Waals surface area contributed by atoms with E-state index in [1.54, 1.807) is 25.6 Å². The van der Waals surface area contributed by atoms with E-state index in [1.807, 2.05) is 13.8 Å². The third-order valence-electron chi connectivity index (χ3n) is 7.27. The van der Waals surface area contributed by atoms with Gasteiger partial charge in [-0.2, -0.15) is 0 Å². The lowest BCUT2D eigenvalue weighted by Gasteiger charge is -2.31. The van der Waals surface area contributed by atoms with Gasteiger partial charge in [0.25, 0.3) is 0 Å². The van der Waals surface area contributed by atoms with E-state index in [9.17, 15) is 9.90 Å². The van der Waals surface area contributed by atoms with E-state index in [-0.39, 0.29) is 12.2 Å². The number of aliphatic carboxylic acids is 1. The zero-order valence-electron chi connectivity index (χ0n) is 22.2. The molecule has 1 N–H and O–H groups in total. The van der Waals surface area contributed by atoms with Crippen molar-refractivity contribution in [3.05, 3.63) is 58.7 Å². The molecule has 2 atom stereocenters. The number of ether oxygens (including phenoxy) is 2. The third-order valence-corrected chi connectivity index (χ3v) is 8.01. The van der Waals surface area contributed by atoms with Gasteiger partial charge in [-0.3, -0.25) is 0 Å². The number of hydrogen-bond donors (Lipinski definition) is 1. The number of benzene rings is 2. The maximum atomic E-state index is 11.5. The Kier molecular flexibility index (Phi) is 9.71. The summed E-state index contributed by atoms with van der Waals surface area (Å²) in [4.78, 5) is 12.8. The first-order valence-corrected chi connectivity index (χ1v) is 14.1. The van der Waals surface area contributed by atoms with E-state index in [0.29, 0.717) is 11.7 Å². The predicted octanol–water partition coefficient (Wildman–Crippen LogP) is 7.93. The van der Waals surface area contributed by atoms with Gasteiger partial charge >= 0.3 is 5.97 Å². The average Bonchev–Trinajstić information content (AvgIpc) is 2.84. The molecular weight excluding hydrogens is 456 g/mol. The van der Waals surface area contributed by atoms with Gasteiger partial charge < -0.3 is 14.6 Å². The number of aryl methyl sites for hydroxylation is 3. The molecule has 2 unspecified atom stereocenters. The van der Waals surface area contributed by atoms with Gasteiger partial charge in [-0.1, -0.05) is 43.5 Å². The molecule has 3 rings (SSSR count). The predicted molar refractivity (Wildman–Crippen MR) is 145 cm³/mol.